The number of nitrogens with zero attached hydrogens (tertiary/aromatic N) is 2. The Hall–Kier alpha value is -5.19. The summed E-state index contributed by atoms with van der Waals surface area (Å²) in [7, 11) is 1.37. The zero-order chi connectivity index (χ0) is 25.2. The Balaban J connectivity index is 1.41. The Kier molecular flexibility index (Phi) is 5.79. The molecule has 0 saturated heterocycles. The average Bonchev–Trinajstić information content (AvgIpc) is 3.32. The molecular weight excluding hydrogens is 464 g/mol. The molecule has 2 amide bonds. The van der Waals surface area contributed by atoms with Crippen LogP contribution in [0.4, 0.5) is 28.4 Å². The number of carbonyl (C=O) groups is 2. The van der Waals surface area contributed by atoms with E-state index < -0.39 is 4.92 Å². The number of amides is 2. The van der Waals surface area contributed by atoms with E-state index in [-0.39, 0.29) is 29.7 Å². The molecular formula is C25H20N6O5. The summed E-state index contributed by atoms with van der Waals surface area (Å²) < 4.78 is 5.18. The first-order valence-electron chi connectivity index (χ1n) is 10.9. The molecule has 36 heavy (non-hydrogen) atoms. The molecule has 0 saturated carbocycles. The fourth-order valence-electron chi connectivity index (χ4n) is 3.96. The number of anilines is 4. The SMILES string of the molecule is COc1cc(-c2ccc3c(c2)Nc2ccc(NC(=O)Cc4cnc[nH]4)cc2NC3=O)ccc1[N+](=O)[O-]. The topological polar surface area (TPSA) is 151 Å². The molecule has 0 unspecified atom stereocenters. The molecule has 4 N–H and O–H groups in total. The number of benzene rings is 3. The van der Waals surface area contributed by atoms with Crippen molar-refractivity contribution in [1.82, 2.24) is 9.97 Å². The highest BCUT2D eigenvalue weighted by Crippen LogP contribution is 2.37. The number of aromatic amines is 1. The number of fused-ring (bicyclic) bond motifs is 2. The van der Waals surface area contributed by atoms with Gasteiger partial charge in [-0.3, -0.25) is 19.7 Å². The number of H-pyrrole nitrogens is 1. The van der Waals surface area contributed by atoms with Crippen LogP contribution in [-0.4, -0.2) is 33.8 Å². The highest BCUT2D eigenvalue weighted by Gasteiger charge is 2.21. The van der Waals surface area contributed by atoms with Crippen LogP contribution in [0, 0.1) is 10.1 Å². The second-order valence-electron chi connectivity index (χ2n) is 8.05. The summed E-state index contributed by atoms with van der Waals surface area (Å²) in [5.74, 6) is -0.394. The van der Waals surface area contributed by atoms with Crippen LogP contribution in [0.3, 0.4) is 0 Å². The van der Waals surface area contributed by atoms with Crippen molar-refractivity contribution in [2.24, 2.45) is 0 Å². The Morgan fingerprint density at radius 2 is 1.83 bits per heavy atom. The first-order chi connectivity index (χ1) is 17.4. The summed E-state index contributed by atoms with van der Waals surface area (Å²) in [4.78, 5) is 42.8. The zero-order valence-electron chi connectivity index (χ0n) is 19.0. The van der Waals surface area contributed by atoms with Gasteiger partial charge < -0.3 is 25.7 Å². The maximum atomic E-state index is 12.9. The Morgan fingerprint density at radius 3 is 2.58 bits per heavy atom. The smallest absolute Gasteiger partial charge is 0.310 e. The predicted octanol–water partition coefficient (Wildman–Crippen LogP) is 4.48. The van der Waals surface area contributed by atoms with Crippen molar-refractivity contribution >= 4 is 40.3 Å². The Morgan fingerprint density at radius 1 is 1.03 bits per heavy atom. The number of ether oxygens (including phenoxy) is 1. The second kappa shape index (κ2) is 9.22. The molecule has 0 spiro atoms. The van der Waals surface area contributed by atoms with Crippen molar-refractivity contribution in [2.45, 2.75) is 6.42 Å². The van der Waals surface area contributed by atoms with Gasteiger partial charge in [-0.2, -0.15) is 0 Å². The Labute approximate surface area is 204 Å². The number of carbonyl (C=O) groups excluding carboxylic acids is 2. The van der Waals surface area contributed by atoms with E-state index in [1.807, 2.05) is 0 Å². The van der Waals surface area contributed by atoms with Crippen LogP contribution in [0.5, 0.6) is 5.75 Å². The van der Waals surface area contributed by atoms with Crippen LogP contribution in [0.2, 0.25) is 0 Å². The maximum absolute atomic E-state index is 12.9. The van der Waals surface area contributed by atoms with E-state index in [1.54, 1.807) is 54.7 Å². The molecule has 11 nitrogen and oxygen atoms in total. The molecule has 180 valence electrons. The van der Waals surface area contributed by atoms with Crippen LogP contribution in [-0.2, 0) is 11.2 Å². The van der Waals surface area contributed by atoms with Gasteiger partial charge in [0.2, 0.25) is 5.91 Å². The molecule has 0 atom stereocenters. The molecule has 3 aromatic carbocycles. The maximum Gasteiger partial charge on any atom is 0.310 e. The van der Waals surface area contributed by atoms with Gasteiger partial charge in [-0.15, -0.1) is 0 Å². The van der Waals surface area contributed by atoms with Gasteiger partial charge in [0, 0.05) is 23.6 Å². The average molecular weight is 484 g/mol. The molecule has 5 rings (SSSR count). The predicted molar refractivity (Wildman–Crippen MR) is 134 cm³/mol. The fourth-order valence-corrected chi connectivity index (χ4v) is 3.96. The van der Waals surface area contributed by atoms with Gasteiger partial charge >= 0.3 is 5.69 Å². The van der Waals surface area contributed by atoms with E-state index in [0.29, 0.717) is 39.6 Å². The van der Waals surface area contributed by atoms with Gasteiger partial charge in [-0.05, 0) is 53.6 Å². The highest BCUT2D eigenvalue weighted by molar-refractivity contribution is 6.13. The number of methoxy groups -OCH3 is 1. The van der Waals surface area contributed by atoms with Gasteiger partial charge in [0.1, 0.15) is 0 Å². The van der Waals surface area contributed by atoms with Crippen LogP contribution in [0.25, 0.3) is 11.1 Å². The summed E-state index contributed by atoms with van der Waals surface area (Å²) in [5.41, 5.74) is 4.68. The van der Waals surface area contributed by atoms with Crippen molar-refractivity contribution < 1.29 is 19.2 Å². The summed E-state index contributed by atoms with van der Waals surface area (Å²) in [6, 6.07) is 15.0. The number of rotatable bonds is 6. The van der Waals surface area contributed by atoms with Crippen molar-refractivity contribution in [3.05, 3.63) is 88.5 Å². The van der Waals surface area contributed by atoms with E-state index in [4.69, 9.17) is 4.74 Å². The summed E-state index contributed by atoms with van der Waals surface area (Å²) in [6.45, 7) is 0. The monoisotopic (exact) mass is 484 g/mol. The molecule has 2 heterocycles. The minimum absolute atomic E-state index is 0.130. The van der Waals surface area contributed by atoms with E-state index in [9.17, 15) is 19.7 Å². The molecule has 1 aliphatic rings. The molecule has 0 fully saturated rings. The third-order valence-electron chi connectivity index (χ3n) is 5.70. The van der Waals surface area contributed by atoms with E-state index in [1.165, 1.54) is 19.5 Å². The standard InChI is InChI=1S/C25H20N6O5/c1-36-23-9-15(3-7-22(23)31(34)35)14-2-5-18-20(8-14)29-19-6-4-16(10-21(19)30-25(18)33)28-24(32)11-17-12-26-13-27-17/h2-10,12-13,29H,11H2,1H3,(H,26,27)(H,28,32)(H,30,33). The summed E-state index contributed by atoms with van der Waals surface area (Å²) in [6.07, 6.45) is 3.23. The van der Waals surface area contributed by atoms with E-state index in [0.717, 1.165) is 5.56 Å². The summed E-state index contributed by atoms with van der Waals surface area (Å²) in [5, 5.41) is 20.2. The Bertz CT molecular complexity index is 1500. The van der Waals surface area contributed by atoms with Gasteiger partial charge in [-0.25, -0.2) is 4.98 Å². The molecule has 1 aromatic heterocycles. The van der Waals surface area contributed by atoms with Crippen molar-refractivity contribution in [3.63, 3.8) is 0 Å². The van der Waals surface area contributed by atoms with Gasteiger partial charge in [0.25, 0.3) is 5.91 Å². The first kappa shape index (κ1) is 22.6. The van der Waals surface area contributed by atoms with E-state index >= 15 is 0 Å². The first-order valence-corrected chi connectivity index (χ1v) is 10.9. The molecule has 0 aliphatic carbocycles. The lowest BCUT2D eigenvalue weighted by atomic mass is 10.0. The largest absolute Gasteiger partial charge is 0.490 e. The lowest BCUT2D eigenvalue weighted by Crippen LogP contribution is -2.15. The number of imidazole rings is 1. The number of aromatic nitrogens is 2. The third-order valence-corrected chi connectivity index (χ3v) is 5.70. The van der Waals surface area contributed by atoms with Crippen molar-refractivity contribution in [2.75, 3.05) is 23.1 Å². The van der Waals surface area contributed by atoms with Gasteiger partial charge in [0.05, 0.1) is 47.4 Å². The number of hydrogen-bond donors (Lipinski definition) is 4. The van der Waals surface area contributed by atoms with Gasteiger partial charge in [0.15, 0.2) is 5.75 Å². The number of nitro benzene ring substituents is 1. The van der Waals surface area contributed by atoms with Crippen molar-refractivity contribution in [3.8, 4) is 16.9 Å². The fraction of sp³-hybridized carbons (Fsp3) is 0.0800. The van der Waals surface area contributed by atoms with Crippen LogP contribution < -0.4 is 20.7 Å². The molecule has 0 radical (unpaired) electrons. The van der Waals surface area contributed by atoms with Crippen LogP contribution in [0.1, 0.15) is 16.1 Å². The summed E-state index contributed by atoms with van der Waals surface area (Å²) >= 11 is 0. The van der Waals surface area contributed by atoms with Crippen LogP contribution >= 0.6 is 0 Å². The molecule has 11 heteroatoms. The third kappa shape index (κ3) is 4.44. The lowest BCUT2D eigenvalue weighted by molar-refractivity contribution is -0.385. The minimum Gasteiger partial charge on any atom is -0.490 e. The lowest BCUT2D eigenvalue weighted by Gasteiger charge is -2.12. The number of nitrogens with one attached hydrogen (secondary N) is 4. The molecule has 0 bridgehead atoms. The minimum atomic E-state index is -0.504. The number of nitro groups is 1. The second-order valence-corrected chi connectivity index (χ2v) is 8.05. The van der Waals surface area contributed by atoms with Crippen molar-refractivity contribution in [1.29, 1.82) is 0 Å². The molecule has 1 aliphatic heterocycles. The number of hydrogen-bond acceptors (Lipinski definition) is 7. The highest BCUT2D eigenvalue weighted by atomic mass is 16.6. The van der Waals surface area contributed by atoms with Gasteiger partial charge in [-0.1, -0.05) is 6.07 Å². The molecule has 4 aromatic rings. The normalized spacial score (nSPS) is 11.9. The van der Waals surface area contributed by atoms with Crippen LogP contribution in [0.15, 0.2) is 67.1 Å². The zero-order valence-corrected chi connectivity index (χ0v) is 19.0. The quantitative estimate of drug-likeness (QED) is 0.233. The van der Waals surface area contributed by atoms with E-state index in [2.05, 4.69) is 25.9 Å².